The summed E-state index contributed by atoms with van der Waals surface area (Å²) in [4.78, 5) is 43.4. The van der Waals surface area contributed by atoms with E-state index in [1.807, 2.05) is 0 Å². The van der Waals surface area contributed by atoms with E-state index in [0.29, 0.717) is 28.5 Å². The fourth-order valence-corrected chi connectivity index (χ4v) is 3.79. The molecule has 3 aromatic rings. The molecule has 2 aromatic heterocycles. The topological polar surface area (TPSA) is 140 Å². The molecule has 0 aliphatic carbocycles. The van der Waals surface area contributed by atoms with Crippen LogP contribution in [0.15, 0.2) is 40.9 Å². The van der Waals surface area contributed by atoms with Crippen molar-refractivity contribution in [3.8, 4) is 29.2 Å². The molecule has 4 amide bonds. The van der Waals surface area contributed by atoms with Gasteiger partial charge in [0.2, 0.25) is 11.4 Å². The molecule has 11 nitrogen and oxygen atoms in total. The van der Waals surface area contributed by atoms with Crippen LogP contribution in [0.3, 0.4) is 0 Å². The molecule has 1 atom stereocenters. The van der Waals surface area contributed by atoms with E-state index in [-0.39, 0.29) is 24.9 Å². The maximum atomic E-state index is 13.0. The number of aryl methyl sites for hydroxylation is 1. The molecule has 2 aliphatic rings. The Kier molecular flexibility index (Phi) is 4.98. The summed E-state index contributed by atoms with van der Waals surface area (Å²) in [5, 5.41) is 12.5. The number of aromatic nitrogens is 3. The van der Waals surface area contributed by atoms with Crippen LogP contribution in [0.5, 0.6) is 5.75 Å². The number of amides is 4. The molecule has 170 valence electrons. The molecule has 34 heavy (non-hydrogen) atoms. The summed E-state index contributed by atoms with van der Waals surface area (Å²) in [5.41, 5.74) is 0.650. The number of methoxy groups -OCH3 is 1. The van der Waals surface area contributed by atoms with Crippen molar-refractivity contribution >= 4 is 17.8 Å². The van der Waals surface area contributed by atoms with E-state index in [1.54, 1.807) is 37.3 Å². The van der Waals surface area contributed by atoms with Crippen LogP contribution in [0.25, 0.3) is 11.6 Å². The molecule has 4 heterocycles. The first kappa shape index (κ1) is 21.1. The molecule has 1 fully saturated rings. The number of urea groups is 1. The Balaban J connectivity index is 1.41. The van der Waals surface area contributed by atoms with Crippen LogP contribution in [-0.4, -0.2) is 57.1 Å². The highest BCUT2D eigenvalue weighted by atomic mass is 16.5. The number of nitrogens with zero attached hydrogens (tertiary/aromatic N) is 4. The maximum Gasteiger partial charge on any atom is 0.323 e. The molecule has 2 N–H and O–H groups in total. The van der Waals surface area contributed by atoms with E-state index in [1.165, 1.54) is 18.2 Å². The third-order valence-corrected chi connectivity index (χ3v) is 5.49. The van der Waals surface area contributed by atoms with Crippen LogP contribution in [0.4, 0.5) is 4.79 Å². The molecule has 1 aromatic carbocycles. The van der Waals surface area contributed by atoms with Crippen molar-refractivity contribution in [2.24, 2.45) is 0 Å². The van der Waals surface area contributed by atoms with Gasteiger partial charge in [0.25, 0.3) is 17.7 Å². The van der Waals surface area contributed by atoms with Gasteiger partial charge in [-0.2, -0.15) is 0 Å². The molecule has 11 heteroatoms. The molecule has 0 unspecified atom stereocenters. The standard InChI is InChI=1S/C23H18N6O5/c1-13-27-28-19(34-13)18-6-3-14(10-24-18)7-8-23(21(31)25-22(32)26-23)12-29-11-15-4-5-16(33-2)9-17(15)20(29)30/h3-6,9-10H,11-12H2,1-2H3,(H2,25,26,31,32)/t23-/m1/s1. The van der Waals surface area contributed by atoms with Crippen molar-refractivity contribution in [2.45, 2.75) is 19.0 Å². The third-order valence-electron chi connectivity index (χ3n) is 5.49. The van der Waals surface area contributed by atoms with Crippen molar-refractivity contribution in [1.29, 1.82) is 0 Å². The smallest absolute Gasteiger partial charge is 0.323 e. The quantitative estimate of drug-likeness (QED) is 0.437. The number of rotatable bonds is 4. The van der Waals surface area contributed by atoms with E-state index in [9.17, 15) is 14.4 Å². The lowest BCUT2D eigenvalue weighted by atomic mass is 9.99. The van der Waals surface area contributed by atoms with E-state index in [0.717, 1.165) is 5.56 Å². The highest BCUT2D eigenvalue weighted by Gasteiger charge is 2.48. The van der Waals surface area contributed by atoms with Gasteiger partial charge in [-0.1, -0.05) is 17.9 Å². The predicted octanol–water partition coefficient (Wildman–Crippen LogP) is 1.03. The number of carbonyl (C=O) groups excluding carboxylic acids is 3. The van der Waals surface area contributed by atoms with Crippen LogP contribution in [-0.2, 0) is 11.3 Å². The lowest BCUT2D eigenvalue weighted by Crippen LogP contribution is -2.54. The van der Waals surface area contributed by atoms with Crippen molar-refractivity contribution in [1.82, 2.24) is 30.7 Å². The van der Waals surface area contributed by atoms with Gasteiger partial charge >= 0.3 is 6.03 Å². The summed E-state index contributed by atoms with van der Waals surface area (Å²) in [6.45, 7) is 1.83. The second-order valence-electron chi connectivity index (χ2n) is 7.81. The van der Waals surface area contributed by atoms with Crippen LogP contribution in [0, 0.1) is 18.8 Å². The Morgan fingerprint density at radius 3 is 2.71 bits per heavy atom. The number of ether oxygens (including phenoxy) is 1. The summed E-state index contributed by atoms with van der Waals surface area (Å²) >= 11 is 0. The predicted molar refractivity (Wildman–Crippen MR) is 116 cm³/mol. The van der Waals surface area contributed by atoms with Crippen molar-refractivity contribution in [2.75, 3.05) is 13.7 Å². The van der Waals surface area contributed by atoms with Gasteiger partial charge in [-0.25, -0.2) is 9.78 Å². The first-order chi connectivity index (χ1) is 16.4. The molecule has 0 bridgehead atoms. The zero-order valence-corrected chi connectivity index (χ0v) is 18.2. The second-order valence-corrected chi connectivity index (χ2v) is 7.81. The van der Waals surface area contributed by atoms with Crippen LogP contribution in [0.2, 0.25) is 0 Å². The van der Waals surface area contributed by atoms with Crippen molar-refractivity contribution < 1.29 is 23.5 Å². The van der Waals surface area contributed by atoms with Crippen LogP contribution < -0.4 is 15.4 Å². The van der Waals surface area contributed by atoms with Gasteiger partial charge in [0.1, 0.15) is 11.4 Å². The lowest BCUT2D eigenvalue weighted by molar-refractivity contribution is -0.122. The van der Waals surface area contributed by atoms with Gasteiger partial charge < -0.3 is 19.4 Å². The Morgan fingerprint density at radius 2 is 2.06 bits per heavy atom. The van der Waals surface area contributed by atoms with Crippen LogP contribution in [0.1, 0.15) is 27.4 Å². The summed E-state index contributed by atoms with van der Waals surface area (Å²) in [6, 6.07) is 7.88. The fraction of sp³-hybridized carbons (Fsp3) is 0.217. The minimum absolute atomic E-state index is 0.125. The SMILES string of the molecule is COc1ccc2c(c1)C(=O)N(C[C@@]1(C#Cc3ccc(-c4nnc(C)o4)nc3)NC(=O)NC1=O)C2. The third kappa shape index (κ3) is 3.71. The minimum atomic E-state index is -1.61. The Bertz CT molecular complexity index is 1390. The van der Waals surface area contributed by atoms with Gasteiger partial charge in [-0.3, -0.25) is 14.9 Å². The largest absolute Gasteiger partial charge is 0.497 e. The summed E-state index contributed by atoms with van der Waals surface area (Å²) < 4.78 is 10.6. The minimum Gasteiger partial charge on any atom is -0.497 e. The molecule has 0 radical (unpaired) electrons. The van der Waals surface area contributed by atoms with Gasteiger partial charge in [-0.15, -0.1) is 10.2 Å². The number of nitrogens with one attached hydrogen (secondary N) is 2. The lowest BCUT2D eigenvalue weighted by Gasteiger charge is -2.26. The van der Waals surface area contributed by atoms with Crippen molar-refractivity contribution in [3.63, 3.8) is 0 Å². The van der Waals surface area contributed by atoms with Crippen molar-refractivity contribution in [3.05, 3.63) is 59.1 Å². The average molecular weight is 458 g/mol. The highest BCUT2D eigenvalue weighted by molar-refractivity contribution is 6.10. The van der Waals surface area contributed by atoms with Gasteiger partial charge in [-0.05, 0) is 29.8 Å². The zero-order chi connectivity index (χ0) is 23.9. The molecule has 0 spiro atoms. The molecule has 5 rings (SSSR count). The first-order valence-corrected chi connectivity index (χ1v) is 10.3. The Morgan fingerprint density at radius 1 is 1.21 bits per heavy atom. The molecular formula is C23H18N6O5. The van der Waals surface area contributed by atoms with E-state index >= 15 is 0 Å². The Labute approximate surface area is 193 Å². The van der Waals surface area contributed by atoms with E-state index in [2.05, 4.69) is 37.7 Å². The summed E-state index contributed by atoms with van der Waals surface area (Å²) in [7, 11) is 1.52. The second kappa shape index (κ2) is 8.00. The Hall–Kier alpha value is -4.72. The highest BCUT2D eigenvalue weighted by Crippen LogP contribution is 2.28. The first-order valence-electron chi connectivity index (χ1n) is 10.3. The van der Waals surface area contributed by atoms with E-state index < -0.39 is 17.5 Å². The van der Waals surface area contributed by atoms with Gasteiger partial charge in [0.15, 0.2) is 0 Å². The van der Waals surface area contributed by atoms with Gasteiger partial charge in [0.05, 0.1) is 13.7 Å². The molecule has 0 saturated carbocycles. The normalized spacial score (nSPS) is 18.8. The molecule has 2 aliphatic heterocycles. The number of hydrogen-bond donors (Lipinski definition) is 2. The van der Waals surface area contributed by atoms with Crippen LogP contribution >= 0.6 is 0 Å². The summed E-state index contributed by atoms with van der Waals surface area (Å²) in [5.74, 6) is 6.08. The number of imide groups is 1. The molecule has 1 saturated heterocycles. The van der Waals surface area contributed by atoms with E-state index in [4.69, 9.17) is 9.15 Å². The number of fused-ring (bicyclic) bond motifs is 1. The fourth-order valence-electron chi connectivity index (χ4n) is 3.79. The maximum absolute atomic E-state index is 13.0. The number of carbonyl (C=O) groups is 3. The summed E-state index contributed by atoms with van der Waals surface area (Å²) in [6.07, 6.45) is 1.49. The van der Waals surface area contributed by atoms with Gasteiger partial charge in [0, 0.05) is 30.8 Å². The number of benzene rings is 1. The number of pyridine rings is 1. The average Bonchev–Trinajstić information content (AvgIpc) is 3.48. The zero-order valence-electron chi connectivity index (χ0n) is 18.2. The molecular weight excluding hydrogens is 440 g/mol. The number of hydrogen-bond acceptors (Lipinski definition) is 8. The monoisotopic (exact) mass is 458 g/mol.